The summed E-state index contributed by atoms with van der Waals surface area (Å²) in [5.74, 6) is -1.71. The highest BCUT2D eigenvalue weighted by atomic mass is 17.0. The minimum atomic E-state index is -1.92. The summed E-state index contributed by atoms with van der Waals surface area (Å²) in [7, 11) is 0. The fourth-order valence-corrected chi connectivity index (χ4v) is 3.40. The molecule has 0 aromatic carbocycles. The van der Waals surface area contributed by atoms with Crippen molar-refractivity contribution in [1.29, 1.82) is 0 Å². The van der Waals surface area contributed by atoms with Gasteiger partial charge in [-0.1, -0.05) is 76.9 Å². The molecule has 1 aliphatic heterocycles. The molecule has 30 heavy (non-hydrogen) atoms. The van der Waals surface area contributed by atoms with Crippen molar-refractivity contribution in [3.05, 3.63) is 12.2 Å². The maximum atomic E-state index is 11.5. The second kappa shape index (κ2) is 16.0. The van der Waals surface area contributed by atoms with E-state index in [1.807, 2.05) is 0 Å². The zero-order valence-electron chi connectivity index (χ0n) is 18.6. The molecule has 1 N–H and O–H groups in total. The first-order valence-corrected chi connectivity index (χ1v) is 11.7. The van der Waals surface area contributed by atoms with Crippen LogP contribution in [0, 0.1) is 0 Å². The summed E-state index contributed by atoms with van der Waals surface area (Å²) < 4.78 is 4.83. The van der Waals surface area contributed by atoms with Crippen molar-refractivity contribution in [3.63, 3.8) is 0 Å². The Morgan fingerprint density at radius 1 is 0.833 bits per heavy atom. The lowest BCUT2D eigenvalue weighted by Crippen LogP contribution is -2.50. The summed E-state index contributed by atoms with van der Waals surface area (Å²) >= 11 is 0. The third-order valence-corrected chi connectivity index (χ3v) is 5.31. The molecular weight excluding hydrogens is 386 g/mol. The Bertz CT molecular complexity index is 530. The van der Waals surface area contributed by atoms with E-state index in [0.717, 1.165) is 25.7 Å². The van der Waals surface area contributed by atoms with Crippen LogP contribution >= 0.6 is 0 Å². The van der Waals surface area contributed by atoms with Crippen LogP contribution in [0.25, 0.3) is 0 Å². The van der Waals surface area contributed by atoms with Gasteiger partial charge in [0.25, 0.3) is 0 Å². The van der Waals surface area contributed by atoms with Crippen molar-refractivity contribution in [3.8, 4) is 0 Å². The number of allylic oxidation sites excluding steroid dienone is 2. The maximum absolute atomic E-state index is 11.5. The molecule has 2 amide bonds. The van der Waals surface area contributed by atoms with Crippen molar-refractivity contribution in [2.75, 3.05) is 6.61 Å². The van der Waals surface area contributed by atoms with E-state index < -0.39 is 22.8 Å². The smallest absolute Gasteiger partial charge is 0.431 e. The fraction of sp³-hybridized carbons (Fsp3) is 0.783. The summed E-state index contributed by atoms with van der Waals surface area (Å²) in [6, 6.07) is 0. The van der Waals surface area contributed by atoms with Crippen LogP contribution in [0.4, 0.5) is 4.79 Å². The Kier molecular flexibility index (Phi) is 14.1. The van der Waals surface area contributed by atoms with E-state index >= 15 is 0 Å². The molecule has 1 heterocycles. The predicted octanol–water partition coefficient (Wildman–Crippen LogP) is 6.15. The van der Waals surface area contributed by atoms with Gasteiger partial charge in [-0.05, 0) is 32.1 Å². The van der Waals surface area contributed by atoms with Crippen molar-refractivity contribution in [1.82, 2.24) is 0 Å². The van der Waals surface area contributed by atoms with Crippen LogP contribution in [0.1, 0.15) is 110 Å². The van der Waals surface area contributed by atoms with Crippen LogP contribution in [-0.4, -0.2) is 34.6 Å². The topological polar surface area (TPSA) is 89.9 Å². The van der Waals surface area contributed by atoms with Crippen molar-refractivity contribution in [2.45, 2.75) is 110 Å². The molecule has 0 aromatic rings. The van der Waals surface area contributed by atoms with E-state index in [9.17, 15) is 19.6 Å². The highest BCUT2D eigenvalue weighted by Crippen LogP contribution is 2.21. The molecule has 7 heteroatoms. The average molecular weight is 427 g/mol. The zero-order chi connectivity index (χ0) is 22.1. The molecule has 0 bridgehead atoms. The molecule has 7 nitrogen and oxygen atoms in total. The third kappa shape index (κ3) is 10.9. The number of ether oxygens (including phenoxy) is 1. The first-order chi connectivity index (χ1) is 14.5. The maximum Gasteiger partial charge on any atom is 0.564 e. The summed E-state index contributed by atoms with van der Waals surface area (Å²) in [4.78, 5) is 37.0. The summed E-state index contributed by atoms with van der Waals surface area (Å²) in [5.41, 5.74) is 0. The van der Waals surface area contributed by atoms with Gasteiger partial charge in [0, 0.05) is 0 Å². The number of unbranched alkanes of at least 4 members (excludes halogenated alkanes) is 12. The SMILES string of the molecule is CCCCCCCC/C=C\CCCCCCCCOC(=O)O[N+]1(O)C(=O)CCC1=O. The molecule has 172 valence electrons. The highest BCUT2D eigenvalue weighted by molar-refractivity contribution is 5.90. The van der Waals surface area contributed by atoms with E-state index in [4.69, 9.17) is 4.74 Å². The lowest BCUT2D eigenvalue weighted by Gasteiger charge is -2.14. The molecule has 0 radical (unpaired) electrons. The molecule has 0 aromatic heterocycles. The van der Waals surface area contributed by atoms with Gasteiger partial charge in [-0.2, -0.15) is 14.8 Å². The van der Waals surface area contributed by atoms with Crippen molar-refractivity contribution >= 4 is 18.0 Å². The molecule has 1 rings (SSSR count). The van der Waals surface area contributed by atoms with E-state index in [0.29, 0.717) is 6.42 Å². The largest absolute Gasteiger partial charge is 0.564 e. The van der Waals surface area contributed by atoms with Crippen LogP contribution in [-0.2, 0) is 19.2 Å². The summed E-state index contributed by atoms with van der Waals surface area (Å²) in [6.07, 6.45) is 19.8. The number of quaternary nitrogens is 1. The minimum absolute atomic E-state index is 0.141. The van der Waals surface area contributed by atoms with Crippen molar-refractivity contribution in [2.24, 2.45) is 0 Å². The first kappa shape index (κ1) is 26.3. The van der Waals surface area contributed by atoms with Gasteiger partial charge < -0.3 is 4.74 Å². The summed E-state index contributed by atoms with van der Waals surface area (Å²) in [5, 5.41) is 9.75. The normalized spacial score (nSPS) is 15.8. The fourth-order valence-electron chi connectivity index (χ4n) is 3.40. The number of rotatable bonds is 17. The van der Waals surface area contributed by atoms with Gasteiger partial charge in [0.15, 0.2) is 0 Å². The zero-order valence-corrected chi connectivity index (χ0v) is 18.6. The second-order valence-corrected chi connectivity index (χ2v) is 7.99. The van der Waals surface area contributed by atoms with E-state index in [1.165, 1.54) is 57.8 Å². The Morgan fingerprint density at radius 3 is 1.83 bits per heavy atom. The van der Waals surface area contributed by atoms with Gasteiger partial charge >= 0.3 is 18.0 Å². The van der Waals surface area contributed by atoms with Crippen LogP contribution in [0.2, 0.25) is 0 Å². The van der Waals surface area contributed by atoms with Crippen LogP contribution in [0.15, 0.2) is 12.2 Å². The van der Waals surface area contributed by atoms with Crippen LogP contribution in [0.5, 0.6) is 0 Å². The standard InChI is InChI=1S/C23H40NO6/c1-2-3-4-5-6-7-8-9-10-11-12-13-14-15-16-17-20-29-23(27)30-24(28)21(25)18-19-22(24)26/h9-10,28H,2-8,11-20H2,1H3/q+1/b10-9-. The molecule has 1 saturated heterocycles. The first-order valence-electron chi connectivity index (χ1n) is 11.7. The lowest BCUT2D eigenvalue weighted by molar-refractivity contribution is -1.12. The third-order valence-electron chi connectivity index (χ3n) is 5.31. The molecule has 0 atom stereocenters. The number of hydrogen-bond acceptors (Lipinski definition) is 6. The average Bonchev–Trinajstić information content (AvgIpc) is 2.97. The summed E-state index contributed by atoms with van der Waals surface area (Å²) in [6.45, 7) is 2.39. The number of carbonyl (C=O) groups is 3. The predicted molar refractivity (Wildman–Crippen MR) is 113 cm³/mol. The highest BCUT2D eigenvalue weighted by Gasteiger charge is 2.56. The Morgan fingerprint density at radius 2 is 1.30 bits per heavy atom. The quantitative estimate of drug-likeness (QED) is 0.0749. The number of hydrogen-bond donors (Lipinski definition) is 1. The molecule has 0 saturated carbocycles. The molecule has 0 unspecified atom stereocenters. The number of amides is 2. The number of carbonyl (C=O) groups excluding carboxylic acids is 3. The monoisotopic (exact) mass is 426 g/mol. The minimum Gasteiger partial charge on any atom is -0.431 e. The molecule has 0 aliphatic carbocycles. The molecular formula is C23H40NO6+. The Balaban J connectivity index is 1.87. The van der Waals surface area contributed by atoms with Gasteiger partial charge in [0.1, 0.15) is 4.81 Å². The number of imide groups is 1. The van der Waals surface area contributed by atoms with Gasteiger partial charge in [-0.25, -0.2) is 9.59 Å². The Hall–Kier alpha value is -1.73. The van der Waals surface area contributed by atoms with Crippen LogP contribution in [0.3, 0.4) is 0 Å². The van der Waals surface area contributed by atoms with Gasteiger partial charge in [-0.15, -0.1) is 0 Å². The lowest BCUT2D eigenvalue weighted by atomic mass is 10.1. The molecule has 0 spiro atoms. The van der Waals surface area contributed by atoms with Gasteiger partial charge in [-0.3, -0.25) is 0 Å². The van der Waals surface area contributed by atoms with Crippen molar-refractivity contribution < 1.29 is 34.0 Å². The van der Waals surface area contributed by atoms with Gasteiger partial charge in [0.2, 0.25) is 0 Å². The molecule has 1 fully saturated rings. The Labute approximate surface area is 180 Å². The van der Waals surface area contributed by atoms with E-state index in [1.54, 1.807) is 0 Å². The second-order valence-electron chi connectivity index (χ2n) is 7.99. The van der Waals surface area contributed by atoms with E-state index in [2.05, 4.69) is 23.9 Å². The molecule has 1 aliphatic rings. The van der Waals surface area contributed by atoms with Crippen LogP contribution < -0.4 is 0 Å². The number of hydroxylamine groups is 4. The number of nitrogens with zero attached hydrogens (tertiary/aromatic N) is 1. The van der Waals surface area contributed by atoms with Gasteiger partial charge in [0.05, 0.1) is 19.4 Å². The van der Waals surface area contributed by atoms with E-state index in [-0.39, 0.29) is 19.4 Å².